The number of methoxy groups -OCH3 is 2. The number of aromatic nitrogens is 2. The number of ether oxygens (including phenoxy) is 3. The number of fused-ring (bicyclic) bond motifs is 1. The van der Waals surface area contributed by atoms with Crippen LogP contribution in [0.25, 0.3) is 10.9 Å². The maximum Gasteiger partial charge on any atom is 0.416 e. The summed E-state index contributed by atoms with van der Waals surface area (Å²) in [6.45, 7) is 5.76. The van der Waals surface area contributed by atoms with E-state index in [1.165, 1.54) is 6.07 Å². The lowest BCUT2D eigenvalue weighted by atomic mass is 10.0. The van der Waals surface area contributed by atoms with Crippen LogP contribution in [0.2, 0.25) is 0 Å². The fraction of sp³-hybridized carbons (Fsp3) is 0.444. The lowest BCUT2D eigenvalue weighted by Gasteiger charge is -2.23. The third kappa shape index (κ3) is 6.99. The van der Waals surface area contributed by atoms with Crippen molar-refractivity contribution in [3.63, 3.8) is 0 Å². The summed E-state index contributed by atoms with van der Waals surface area (Å²) in [6, 6.07) is 6.59. The van der Waals surface area contributed by atoms with Crippen molar-refractivity contribution in [1.82, 2.24) is 9.97 Å². The van der Waals surface area contributed by atoms with Crippen molar-refractivity contribution in [1.29, 1.82) is 0 Å². The Bertz CT molecular complexity index is 1310. The van der Waals surface area contributed by atoms with Crippen molar-refractivity contribution in [2.24, 2.45) is 5.41 Å². The molecule has 3 aromatic rings. The second-order valence-corrected chi connectivity index (χ2v) is 9.53. The minimum absolute atomic E-state index is 0.0302. The maximum absolute atomic E-state index is 13.3. The van der Waals surface area contributed by atoms with Crippen LogP contribution in [0.15, 0.2) is 30.3 Å². The molecule has 212 valence electrons. The molecule has 1 saturated carbocycles. The quantitative estimate of drug-likeness (QED) is 0.230. The van der Waals surface area contributed by atoms with Gasteiger partial charge in [-0.1, -0.05) is 0 Å². The summed E-state index contributed by atoms with van der Waals surface area (Å²) in [7, 11) is 3.25. The largest absolute Gasteiger partial charge is 0.493 e. The minimum atomic E-state index is -4.50. The van der Waals surface area contributed by atoms with Gasteiger partial charge in [0.1, 0.15) is 11.6 Å². The van der Waals surface area contributed by atoms with Crippen LogP contribution in [0, 0.1) is 12.3 Å². The first-order chi connectivity index (χ1) is 18.4. The second-order valence-electron chi connectivity index (χ2n) is 9.53. The molecule has 0 unspecified atom stereocenters. The normalized spacial score (nSPS) is 15.5. The van der Waals surface area contributed by atoms with Gasteiger partial charge >= 0.3 is 6.18 Å². The molecular formula is C27H33F3N4O5. The van der Waals surface area contributed by atoms with E-state index >= 15 is 0 Å². The molecule has 0 aliphatic heterocycles. The third-order valence-corrected chi connectivity index (χ3v) is 6.87. The van der Waals surface area contributed by atoms with Crippen molar-refractivity contribution in [2.45, 2.75) is 51.9 Å². The third-order valence-electron chi connectivity index (χ3n) is 6.87. The molecule has 0 amide bonds. The second kappa shape index (κ2) is 11.9. The monoisotopic (exact) mass is 550 g/mol. The molecule has 2 aromatic carbocycles. The number of anilines is 2. The van der Waals surface area contributed by atoms with Crippen molar-refractivity contribution in [3.05, 3.63) is 47.3 Å². The predicted molar refractivity (Wildman–Crippen MR) is 141 cm³/mol. The molecule has 0 spiro atoms. The Morgan fingerprint density at radius 3 is 2.36 bits per heavy atom. The molecule has 1 fully saturated rings. The Hall–Kier alpha value is -3.80. The number of benzene rings is 2. The Morgan fingerprint density at radius 1 is 1.13 bits per heavy atom. The fourth-order valence-electron chi connectivity index (χ4n) is 4.31. The minimum Gasteiger partial charge on any atom is -0.493 e. The van der Waals surface area contributed by atoms with Gasteiger partial charge in [-0.2, -0.15) is 13.2 Å². The topological polar surface area (TPSA) is 129 Å². The Labute approximate surface area is 224 Å². The van der Waals surface area contributed by atoms with Gasteiger partial charge in [0.25, 0.3) is 6.47 Å². The number of halogens is 3. The average Bonchev–Trinajstić information content (AvgIpc) is 3.67. The van der Waals surface area contributed by atoms with Crippen LogP contribution in [0.5, 0.6) is 11.5 Å². The number of aryl methyl sites for hydroxylation is 1. The van der Waals surface area contributed by atoms with Gasteiger partial charge in [-0.25, -0.2) is 9.97 Å². The first kappa shape index (κ1) is 29.8. The van der Waals surface area contributed by atoms with Crippen LogP contribution in [-0.4, -0.2) is 48.5 Å². The van der Waals surface area contributed by atoms with Crippen LogP contribution < -0.4 is 20.5 Å². The summed E-state index contributed by atoms with van der Waals surface area (Å²) in [5.41, 5.74) is 5.99. The number of alkyl halides is 3. The number of carbonyl (C=O) groups is 1. The molecule has 1 aliphatic carbocycles. The van der Waals surface area contributed by atoms with Gasteiger partial charge in [0.2, 0.25) is 0 Å². The van der Waals surface area contributed by atoms with E-state index in [2.05, 4.69) is 15.3 Å². The van der Waals surface area contributed by atoms with Gasteiger partial charge in [0.05, 0.1) is 36.9 Å². The van der Waals surface area contributed by atoms with Gasteiger partial charge < -0.3 is 30.4 Å². The Kier molecular flexibility index (Phi) is 9.10. The Morgan fingerprint density at radius 2 is 1.79 bits per heavy atom. The highest BCUT2D eigenvalue weighted by molar-refractivity contribution is 5.92. The summed E-state index contributed by atoms with van der Waals surface area (Å²) >= 11 is 0. The number of nitrogens with two attached hydrogens (primary N) is 1. The number of nitrogen functional groups attached to an aromatic ring is 1. The van der Waals surface area contributed by atoms with Gasteiger partial charge in [0.15, 0.2) is 11.5 Å². The number of nitrogens with one attached hydrogen (secondary N) is 1. The van der Waals surface area contributed by atoms with Crippen LogP contribution in [0.1, 0.15) is 49.7 Å². The first-order valence-electron chi connectivity index (χ1n) is 12.2. The molecule has 9 nitrogen and oxygen atoms in total. The van der Waals surface area contributed by atoms with Crippen molar-refractivity contribution >= 4 is 28.9 Å². The smallest absolute Gasteiger partial charge is 0.416 e. The van der Waals surface area contributed by atoms with Crippen LogP contribution >= 0.6 is 0 Å². The molecule has 2 atom stereocenters. The molecule has 1 aliphatic rings. The van der Waals surface area contributed by atoms with E-state index < -0.39 is 17.8 Å². The van der Waals surface area contributed by atoms with Crippen LogP contribution in [0.3, 0.4) is 0 Å². The highest BCUT2D eigenvalue weighted by Crippen LogP contribution is 2.50. The lowest BCUT2D eigenvalue weighted by Crippen LogP contribution is -2.27. The van der Waals surface area contributed by atoms with Crippen molar-refractivity contribution in [3.8, 4) is 11.5 Å². The van der Waals surface area contributed by atoms with Crippen LogP contribution in [0.4, 0.5) is 24.7 Å². The zero-order valence-electron chi connectivity index (χ0n) is 22.4. The molecule has 0 saturated heterocycles. The van der Waals surface area contributed by atoms with Crippen molar-refractivity contribution in [2.75, 3.05) is 31.9 Å². The highest BCUT2D eigenvalue weighted by atomic mass is 19.4. The van der Waals surface area contributed by atoms with E-state index in [4.69, 9.17) is 29.8 Å². The zero-order chi connectivity index (χ0) is 29.0. The molecule has 1 heterocycles. The summed E-state index contributed by atoms with van der Waals surface area (Å²) in [5.74, 6) is 2.04. The van der Waals surface area contributed by atoms with Gasteiger partial charge in [0, 0.05) is 29.7 Å². The molecule has 0 radical (unpaired) electrons. The molecule has 12 heteroatoms. The molecule has 39 heavy (non-hydrogen) atoms. The summed E-state index contributed by atoms with van der Waals surface area (Å²) in [4.78, 5) is 17.4. The number of hydrogen-bond donors (Lipinski definition) is 3. The predicted octanol–water partition coefficient (Wildman–Crippen LogP) is 5.62. The molecular weight excluding hydrogens is 517 g/mol. The summed E-state index contributed by atoms with van der Waals surface area (Å²) < 4.78 is 57.2. The van der Waals surface area contributed by atoms with Gasteiger partial charge in [-0.3, -0.25) is 4.79 Å². The highest BCUT2D eigenvalue weighted by Gasteiger charge is 2.48. The molecule has 0 bridgehead atoms. The number of carboxylic acid groups (broad SMARTS) is 1. The van der Waals surface area contributed by atoms with Gasteiger partial charge in [-0.05, 0) is 63.4 Å². The average molecular weight is 551 g/mol. The van der Waals surface area contributed by atoms with E-state index in [1.807, 2.05) is 6.92 Å². The van der Waals surface area contributed by atoms with E-state index in [-0.39, 0.29) is 23.7 Å². The van der Waals surface area contributed by atoms with E-state index in [1.54, 1.807) is 40.2 Å². The number of rotatable bonds is 9. The summed E-state index contributed by atoms with van der Waals surface area (Å²) in [6.07, 6.45) is -2.40. The lowest BCUT2D eigenvalue weighted by molar-refractivity contribution is -0.137. The molecule has 4 N–H and O–H groups in total. The zero-order valence-corrected chi connectivity index (χ0v) is 22.4. The van der Waals surface area contributed by atoms with E-state index in [9.17, 15) is 13.2 Å². The van der Waals surface area contributed by atoms with E-state index in [0.717, 1.165) is 25.0 Å². The number of nitrogens with zero attached hydrogens (tertiary/aromatic N) is 2. The maximum atomic E-state index is 13.3. The molecule has 4 rings (SSSR count). The van der Waals surface area contributed by atoms with Crippen LogP contribution in [-0.2, 0) is 15.7 Å². The number of hydrogen-bond acceptors (Lipinski definition) is 8. The standard InChI is InChI=1S/C26H31F3N4O3.CH2O2/c1-14(17-8-18(26(27,28)29)10-19(30)9-17)31-24-20-11-23(36-13-25(6-7-25)15(2)34-4)22(35-5)12-21(20)32-16(3)33-24;2-1-3/h8-12,14-15H,6-7,13,30H2,1-5H3,(H,31,32,33);1H,(H,2,3)/t14-,15-;/m1./s1. The fourth-order valence-corrected chi connectivity index (χ4v) is 4.31. The summed E-state index contributed by atoms with van der Waals surface area (Å²) in [5, 5.41) is 10.8. The van der Waals surface area contributed by atoms with Crippen molar-refractivity contribution < 1.29 is 37.3 Å². The van der Waals surface area contributed by atoms with Gasteiger partial charge in [-0.15, -0.1) is 0 Å². The SMILES string of the molecule is COc1cc2nc(C)nc(N[C@H](C)c3cc(N)cc(C(F)(F)F)c3)c2cc1OCC1([C@@H](C)OC)CC1.O=CO. The van der Waals surface area contributed by atoms with E-state index in [0.29, 0.717) is 46.2 Å². The molecule has 1 aromatic heterocycles. The first-order valence-corrected chi connectivity index (χ1v) is 12.2. The Balaban J connectivity index is 0.00000134.